The van der Waals surface area contributed by atoms with Crippen LogP contribution in [0, 0.1) is 17.4 Å². The molecule has 0 aliphatic carbocycles. The second-order valence-corrected chi connectivity index (χ2v) is 7.52. The standard InChI is InChI=1S/C19H18BF2IN2/c1-11-9-13(3)24-18(11)17(15-5-7-16(23)8-6-15)19-12(2)10-14(4)25(19)20(21)22/h5-10H,1-4H3/b18-17-. The minimum absolute atomic E-state index is 0.537. The molecule has 25 heavy (non-hydrogen) atoms. The molecule has 0 bridgehead atoms. The fraction of sp³-hybridized carbons (Fsp3) is 0.211. The van der Waals surface area contributed by atoms with Gasteiger partial charge in [0.05, 0.1) is 5.70 Å². The van der Waals surface area contributed by atoms with Gasteiger partial charge >= 0.3 is 7.40 Å². The van der Waals surface area contributed by atoms with Crippen molar-refractivity contribution in [2.24, 2.45) is 4.99 Å². The van der Waals surface area contributed by atoms with Crippen molar-refractivity contribution >= 4 is 41.3 Å². The van der Waals surface area contributed by atoms with E-state index >= 15 is 0 Å². The predicted molar refractivity (Wildman–Crippen MR) is 109 cm³/mol. The van der Waals surface area contributed by atoms with E-state index in [1.165, 1.54) is 0 Å². The summed E-state index contributed by atoms with van der Waals surface area (Å²) in [6.07, 6.45) is 1.99. The summed E-state index contributed by atoms with van der Waals surface area (Å²) < 4.78 is 29.8. The molecule has 0 atom stereocenters. The summed E-state index contributed by atoms with van der Waals surface area (Å²) in [5.74, 6) is 0. The fourth-order valence-corrected chi connectivity index (χ4v) is 3.68. The Balaban J connectivity index is 2.38. The van der Waals surface area contributed by atoms with Gasteiger partial charge in [-0.2, -0.15) is 0 Å². The zero-order valence-electron chi connectivity index (χ0n) is 14.6. The Morgan fingerprint density at radius 1 is 1.08 bits per heavy atom. The molecule has 1 aromatic heterocycles. The minimum atomic E-state index is -2.60. The molecular weight excluding hydrogens is 432 g/mol. The molecule has 1 aromatic carbocycles. The van der Waals surface area contributed by atoms with Crippen LogP contribution >= 0.6 is 22.6 Å². The third-order valence-electron chi connectivity index (χ3n) is 4.31. The van der Waals surface area contributed by atoms with Crippen LogP contribution in [-0.2, 0) is 0 Å². The Morgan fingerprint density at radius 3 is 2.24 bits per heavy atom. The van der Waals surface area contributed by atoms with Crippen LogP contribution in [0.2, 0.25) is 0 Å². The molecule has 0 unspecified atom stereocenters. The van der Waals surface area contributed by atoms with E-state index in [0.717, 1.165) is 41.7 Å². The van der Waals surface area contributed by atoms with Crippen molar-refractivity contribution in [1.82, 2.24) is 4.48 Å². The molecule has 0 saturated carbocycles. The summed E-state index contributed by atoms with van der Waals surface area (Å²) in [5.41, 5.74) is 6.21. The Kier molecular flexibility index (Phi) is 5.00. The van der Waals surface area contributed by atoms with E-state index in [-0.39, 0.29) is 0 Å². The Labute approximate surface area is 160 Å². The quantitative estimate of drug-likeness (QED) is 0.424. The van der Waals surface area contributed by atoms with Crippen LogP contribution in [0.25, 0.3) is 5.57 Å². The van der Waals surface area contributed by atoms with Crippen molar-refractivity contribution in [1.29, 1.82) is 0 Å². The number of rotatable bonds is 3. The molecular formula is C19H18BF2IN2. The Bertz CT molecular complexity index is 922. The molecule has 0 N–H and O–H groups in total. The average Bonchev–Trinajstić information content (AvgIpc) is 3.01. The first-order valence-electron chi connectivity index (χ1n) is 8.00. The second-order valence-electron chi connectivity index (χ2n) is 6.28. The number of nitrogens with zero attached hydrogens (tertiary/aromatic N) is 2. The summed E-state index contributed by atoms with van der Waals surface area (Å²) >= 11 is 2.24. The van der Waals surface area contributed by atoms with Crippen LogP contribution in [-0.4, -0.2) is 17.6 Å². The van der Waals surface area contributed by atoms with Gasteiger partial charge in [0.25, 0.3) is 0 Å². The molecule has 128 valence electrons. The van der Waals surface area contributed by atoms with Gasteiger partial charge in [0.15, 0.2) is 0 Å². The second kappa shape index (κ2) is 6.90. The summed E-state index contributed by atoms with van der Waals surface area (Å²) in [6, 6.07) is 9.72. The van der Waals surface area contributed by atoms with Gasteiger partial charge in [-0.25, -0.2) is 0 Å². The van der Waals surface area contributed by atoms with Crippen molar-refractivity contribution in [2.45, 2.75) is 27.7 Å². The number of aliphatic imine (C=N–C) groups is 1. The molecule has 3 rings (SSSR count). The topological polar surface area (TPSA) is 17.3 Å². The first-order chi connectivity index (χ1) is 11.8. The van der Waals surface area contributed by atoms with Gasteiger partial charge in [-0.3, -0.25) is 13.6 Å². The molecule has 2 aromatic rings. The third-order valence-corrected chi connectivity index (χ3v) is 5.03. The van der Waals surface area contributed by atoms with Gasteiger partial charge in [0, 0.05) is 26.2 Å². The van der Waals surface area contributed by atoms with E-state index in [2.05, 4.69) is 27.6 Å². The molecule has 1 aliphatic rings. The van der Waals surface area contributed by atoms with Crippen molar-refractivity contribution in [3.05, 3.63) is 73.8 Å². The average molecular weight is 450 g/mol. The lowest BCUT2D eigenvalue weighted by molar-refractivity contribution is 0.624. The third kappa shape index (κ3) is 3.36. The number of halogens is 3. The molecule has 2 nitrogen and oxygen atoms in total. The van der Waals surface area contributed by atoms with E-state index < -0.39 is 7.40 Å². The SMILES string of the molecule is CC1=CC(C)=N/C1=C(/c1ccc(I)cc1)c1c(C)cc(C)n1B(F)F. The highest BCUT2D eigenvalue weighted by atomic mass is 127. The fourth-order valence-electron chi connectivity index (χ4n) is 3.32. The van der Waals surface area contributed by atoms with Crippen molar-refractivity contribution in [3.63, 3.8) is 0 Å². The Hall–Kier alpha value is -1.70. The van der Waals surface area contributed by atoms with E-state index in [0.29, 0.717) is 11.4 Å². The number of aromatic nitrogens is 1. The van der Waals surface area contributed by atoms with Crippen molar-refractivity contribution in [3.8, 4) is 0 Å². The maximum atomic E-state index is 13.8. The maximum absolute atomic E-state index is 13.8. The molecule has 6 heteroatoms. The molecule has 2 heterocycles. The lowest BCUT2D eigenvalue weighted by Gasteiger charge is -2.16. The van der Waals surface area contributed by atoms with Crippen LogP contribution in [0.5, 0.6) is 0 Å². The smallest absolute Gasteiger partial charge is 0.329 e. The van der Waals surface area contributed by atoms with Gasteiger partial charge in [-0.1, -0.05) is 12.1 Å². The van der Waals surface area contributed by atoms with E-state index in [4.69, 9.17) is 0 Å². The molecule has 1 aliphatic heterocycles. The monoisotopic (exact) mass is 450 g/mol. The highest BCUT2D eigenvalue weighted by Crippen LogP contribution is 2.37. The highest BCUT2D eigenvalue weighted by molar-refractivity contribution is 14.1. The number of hydrogen-bond acceptors (Lipinski definition) is 1. The predicted octanol–water partition coefficient (Wildman–Crippen LogP) is 5.66. The van der Waals surface area contributed by atoms with Gasteiger partial charge in [0.1, 0.15) is 0 Å². The van der Waals surface area contributed by atoms with E-state index in [1.54, 1.807) is 13.0 Å². The maximum Gasteiger partial charge on any atom is 0.677 e. The number of allylic oxidation sites excluding steroid dienone is 2. The first kappa shape index (κ1) is 18.1. The zero-order valence-corrected chi connectivity index (χ0v) is 16.7. The lowest BCUT2D eigenvalue weighted by Crippen LogP contribution is -2.18. The Morgan fingerprint density at radius 2 is 1.72 bits per heavy atom. The molecule has 0 spiro atoms. The van der Waals surface area contributed by atoms with Crippen LogP contribution < -0.4 is 0 Å². The highest BCUT2D eigenvalue weighted by Gasteiger charge is 2.29. The summed E-state index contributed by atoms with van der Waals surface area (Å²) in [7, 11) is -2.60. The first-order valence-corrected chi connectivity index (χ1v) is 9.08. The van der Waals surface area contributed by atoms with Gasteiger partial charge in [-0.15, -0.1) is 0 Å². The molecule has 0 amide bonds. The molecule has 0 radical (unpaired) electrons. The van der Waals surface area contributed by atoms with Crippen LogP contribution in [0.3, 0.4) is 0 Å². The number of benzene rings is 1. The van der Waals surface area contributed by atoms with E-state index in [9.17, 15) is 8.63 Å². The minimum Gasteiger partial charge on any atom is -0.329 e. The van der Waals surface area contributed by atoms with Gasteiger partial charge in [0.2, 0.25) is 0 Å². The molecule has 0 fully saturated rings. The van der Waals surface area contributed by atoms with Crippen LogP contribution in [0.15, 0.2) is 52.7 Å². The normalized spacial score (nSPS) is 16.0. The van der Waals surface area contributed by atoms with Crippen LogP contribution in [0.4, 0.5) is 8.63 Å². The summed E-state index contributed by atoms with van der Waals surface area (Å²) in [5, 5.41) is 0. The lowest BCUT2D eigenvalue weighted by atomic mass is 9.95. The van der Waals surface area contributed by atoms with Gasteiger partial charge < -0.3 is 4.48 Å². The summed E-state index contributed by atoms with van der Waals surface area (Å²) in [4.78, 5) is 4.64. The van der Waals surface area contributed by atoms with Gasteiger partial charge in [-0.05, 0) is 91.3 Å². The van der Waals surface area contributed by atoms with Crippen LogP contribution in [0.1, 0.15) is 36.4 Å². The summed E-state index contributed by atoms with van der Waals surface area (Å²) in [6.45, 7) is 7.48. The number of aryl methyl sites for hydroxylation is 2. The van der Waals surface area contributed by atoms with E-state index in [1.807, 2.05) is 51.1 Å². The van der Waals surface area contributed by atoms with Crippen molar-refractivity contribution in [2.75, 3.05) is 0 Å². The van der Waals surface area contributed by atoms with Crippen molar-refractivity contribution < 1.29 is 8.63 Å². The largest absolute Gasteiger partial charge is 0.677 e. The number of hydrogen-bond donors (Lipinski definition) is 0. The zero-order chi connectivity index (χ0) is 18.3. The molecule has 0 saturated heterocycles.